The van der Waals surface area contributed by atoms with E-state index in [1.54, 1.807) is 6.08 Å². The van der Waals surface area contributed by atoms with Gasteiger partial charge in [0.25, 0.3) is 7.82 Å². The van der Waals surface area contributed by atoms with Gasteiger partial charge in [0.05, 0.1) is 39.9 Å². The van der Waals surface area contributed by atoms with Crippen LogP contribution in [0, 0.1) is 0 Å². The standard InChI is InChI=1S/C62H121N2O6P/c1-6-8-10-12-14-16-18-20-22-24-26-28-30-32-34-36-38-40-42-44-46-48-50-52-54-56-62(66)63-60(59-70-71(67,68)69-58-57-64(3,4)5)61(65)55-53-51-49-47-45-43-41-39-37-35-33-31-29-27-25-23-21-19-17-15-13-11-9-7-2/h37,39,45,47,53,55,60-61,65H,6-36,38,40-44,46,48-52,54,56-59H2,1-5H3,(H-,63,66,67,68)/b39-37+,47-45+,55-53+. The number of likely N-dealkylation sites (N-methyl/N-ethyl adjacent to an activating group) is 1. The minimum Gasteiger partial charge on any atom is -0.756 e. The summed E-state index contributed by atoms with van der Waals surface area (Å²) in [4.78, 5) is 25.5. The minimum absolute atomic E-state index is 0.00725. The Hall–Kier alpha value is -1.28. The predicted molar refractivity (Wildman–Crippen MR) is 307 cm³/mol. The zero-order valence-corrected chi connectivity index (χ0v) is 48.8. The summed E-state index contributed by atoms with van der Waals surface area (Å²) >= 11 is 0. The largest absolute Gasteiger partial charge is 0.756 e. The van der Waals surface area contributed by atoms with E-state index in [-0.39, 0.29) is 12.5 Å². The molecule has 0 aliphatic carbocycles. The number of nitrogens with zero attached hydrogens (tertiary/aromatic N) is 1. The average molecular weight is 1020 g/mol. The van der Waals surface area contributed by atoms with Crippen molar-refractivity contribution < 1.29 is 32.9 Å². The summed E-state index contributed by atoms with van der Waals surface area (Å²) < 4.78 is 23.4. The quantitative estimate of drug-likeness (QED) is 0.0272. The Morgan fingerprint density at radius 2 is 0.789 bits per heavy atom. The van der Waals surface area contributed by atoms with Crippen molar-refractivity contribution in [3.8, 4) is 0 Å². The third kappa shape index (κ3) is 56.3. The Morgan fingerprint density at radius 3 is 1.14 bits per heavy atom. The van der Waals surface area contributed by atoms with Crippen LogP contribution in [-0.2, 0) is 18.4 Å². The van der Waals surface area contributed by atoms with E-state index in [4.69, 9.17) is 9.05 Å². The van der Waals surface area contributed by atoms with Gasteiger partial charge in [0.15, 0.2) is 0 Å². The van der Waals surface area contributed by atoms with E-state index in [1.807, 2.05) is 27.2 Å². The molecule has 0 aromatic heterocycles. The summed E-state index contributed by atoms with van der Waals surface area (Å²) in [6, 6.07) is -0.908. The third-order valence-electron chi connectivity index (χ3n) is 14.1. The number of aliphatic hydroxyl groups excluding tert-OH is 1. The van der Waals surface area contributed by atoms with E-state index in [9.17, 15) is 19.4 Å². The first-order chi connectivity index (χ1) is 34.5. The van der Waals surface area contributed by atoms with Gasteiger partial charge in [-0.3, -0.25) is 9.36 Å². The summed E-state index contributed by atoms with van der Waals surface area (Å²) in [5, 5.41) is 13.9. The van der Waals surface area contributed by atoms with Gasteiger partial charge in [-0.1, -0.05) is 288 Å². The first-order valence-corrected chi connectivity index (χ1v) is 32.3. The second kappa shape index (κ2) is 53.5. The molecule has 0 aromatic rings. The van der Waals surface area contributed by atoms with E-state index in [0.717, 1.165) is 44.9 Å². The second-order valence-electron chi connectivity index (χ2n) is 22.4. The van der Waals surface area contributed by atoms with Crippen LogP contribution in [0.5, 0.6) is 0 Å². The molecule has 0 aliphatic heterocycles. The summed E-state index contributed by atoms with van der Waals surface area (Å²) in [6.07, 6.45) is 69.6. The van der Waals surface area contributed by atoms with Crippen molar-refractivity contribution in [2.24, 2.45) is 0 Å². The van der Waals surface area contributed by atoms with Crippen LogP contribution in [0.2, 0.25) is 0 Å². The Bertz CT molecular complexity index is 1250. The lowest BCUT2D eigenvalue weighted by atomic mass is 10.0. The molecule has 0 saturated heterocycles. The van der Waals surface area contributed by atoms with Gasteiger partial charge in [0, 0.05) is 6.42 Å². The number of rotatable bonds is 57. The van der Waals surface area contributed by atoms with Crippen molar-refractivity contribution in [3.05, 3.63) is 36.5 Å². The highest BCUT2D eigenvalue weighted by atomic mass is 31.2. The minimum atomic E-state index is -4.61. The molecule has 1 amide bonds. The summed E-state index contributed by atoms with van der Waals surface area (Å²) in [5.74, 6) is -0.205. The molecule has 0 aromatic carbocycles. The van der Waals surface area contributed by atoms with E-state index in [2.05, 4.69) is 43.5 Å². The topological polar surface area (TPSA) is 108 Å². The van der Waals surface area contributed by atoms with E-state index >= 15 is 0 Å². The number of aliphatic hydroxyl groups is 1. The number of amides is 1. The molecule has 0 aliphatic rings. The lowest BCUT2D eigenvalue weighted by Crippen LogP contribution is -2.45. The number of quaternary nitrogens is 1. The first kappa shape index (κ1) is 69.7. The molecule has 2 N–H and O–H groups in total. The van der Waals surface area contributed by atoms with Crippen molar-refractivity contribution in [3.63, 3.8) is 0 Å². The van der Waals surface area contributed by atoms with Gasteiger partial charge < -0.3 is 28.8 Å². The number of hydrogen-bond acceptors (Lipinski definition) is 6. The van der Waals surface area contributed by atoms with E-state index in [1.165, 1.54) is 238 Å². The molecule has 420 valence electrons. The monoisotopic (exact) mass is 1020 g/mol. The molecule has 0 saturated carbocycles. The number of hydrogen-bond donors (Lipinski definition) is 2. The highest BCUT2D eigenvalue weighted by molar-refractivity contribution is 7.45. The van der Waals surface area contributed by atoms with Crippen molar-refractivity contribution in [1.82, 2.24) is 5.32 Å². The third-order valence-corrected chi connectivity index (χ3v) is 15.0. The van der Waals surface area contributed by atoms with Crippen LogP contribution in [0.3, 0.4) is 0 Å². The van der Waals surface area contributed by atoms with Crippen LogP contribution >= 0.6 is 7.82 Å². The average Bonchev–Trinajstić information content (AvgIpc) is 3.33. The Balaban J connectivity index is 4.21. The van der Waals surface area contributed by atoms with Gasteiger partial charge >= 0.3 is 0 Å². The van der Waals surface area contributed by atoms with Crippen molar-refractivity contribution in [1.29, 1.82) is 0 Å². The van der Waals surface area contributed by atoms with Gasteiger partial charge in [-0.25, -0.2) is 0 Å². The van der Waals surface area contributed by atoms with E-state index in [0.29, 0.717) is 17.4 Å². The van der Waals surface area contributed by atoms with E-state index < -0.39 is 26.6 Å². The number of phosphoric ester groups is 1. The molecule has 0 heterocycles. The van der Waals surface area contributed by atoms with Gasteiger partial charge in [0.2, 0.25) is 5.91 Å². The maximum Gasteiger partial charge on any atom is 0.268 e. The fourth-order valence-corrected chi connectivity index (χ4v) is 9.97. The fraction of sp³-hybridized carbons (Fsp3) is 0.887. The molecule has 0 rings (SSSR count). The van der Waals surface area contributed by atoms with Crippen LogP contribution in [-0.4, -0.2) is 68.5 Å². The SMILES string of the molecule is CCCCCCCCCCCCCCCC/C=C/CC/C=C/CC/C=C/C(O)C(COP(=O)([O-])OCC[N+](C)(C)C)NC(=O)CCCCCCCCCCCCCCCCCCCCCCCCCCC. The lowest BCUT2D eigenvalue weighted by Gasteiger charge is -2.29. The maximum atomic E-state index is 13.0. The summed E-state index contributed by atoms with van der Waals surface area (Å²) in [5.41, 5.74) is 0. The fourth-order valence-electron chi connectivity index (χ4n) is 9.25. The molecule has 3 unspecified atom stereocenters. The van der Waals surface area contributed by atoms with Crippen LogP contribution in [0.25, 0.3) is 0 Å². The highest BCUT2D eigenvalue weighted by Gasteiger charge is 2.23. The van der Waals surface area contributed by atoms with Crippen molar-refractivity contribution in [2.75, 3.05) is 40.9 Å². The van der Waals surface area contributed by atoms with Crippen LogP contribution < -0.4 is 10.2 Å². The molecule has 0 bridgehead atoms. The predicted octanol–water partition coefficient (Wildman–Crippen LogP) is 18.3. The molecule has 8 nitrogen and oxygen atoms in total. The number of phosphoric acid groups is 1. The van der Waals surface area contributed by atoms with Crippen LogP contribution in [0.1, 0.15) is 303 Å². The molecule has 3 atom stereocenters. The number of carbonyl (C=O) groups is 1. The van der Waals surface area contributed by atoms with Gasteiger partial charge in [-0.2, -0.15) is 0 Å². The maximum absolute atomic E-state index is 13.0. The summed E-state index contributed by atoms with van der Waals surface area (Å²) in [7, 11) is 1.25. The lowest BCUT2D eigenvalue weighted by molar-refractivity contribution is -0.870. The number of carbonyl (C=O) groups excluding carboxylic acids is 1. The molecular weight excluding hydrogens is 900 g/mol. The second-order valence-corrected chi connectivity index (χ2v) is 23.8. The van der Waals surface area contributed by atoms with Crippen molar-refractivity contribution >= 4 is 13.7 Å². The first-order valence-electron chi connectivity index (χ1n) is 30.9. The molecule has 0 radical (unpaired) electrons. The normalized spacial score (nSPS) is 14.1. The Morgan fingerprint density at radius 1 is 0.479 bits per heavy atom. The van der Waals surface area contributed by atoms with Gasteiger partial charge in [-0.15, -0.1) is 0 Å². The van der Waals surface area contributed by atoms with Gasteiger partial charge in [0.1, 0.15) is 13.2 Å². The van der Waals surface area contributed by atoms with Crippen LogP contribution in [0.4, 0.5) is 0 Å². The molecule has 0 spiro atoms. The van der Waals surface area contributed by atoms with Crippen LogP contribution in [0.15, 0.2) is 36.5 Å². The Labute approximate surface area is 442 Å². The molecule has 9 heteroatoms. The zero-order valence-electron chi connectivity index (χ0n) is 47.9. The van der Waals surface area contributed by atoms with Crippen molar-refractivity contribution in [2.45, 2.75) is 315 Å². The molecule has 71 heavy (non-hydrogen) atoms. The summed E-state index contributed by atoms with van der Waals surface area (Å²) in [6.45, 7) is 4.67. The number of unbranched alkanes of at least 4 members (excludes halogenated alkanes) is 40. The number of allylic oxidation sites excluding steroid dienone is 5. The molecular formula is C62H121N2O6P. The molecule has 0 fully saturated rings. The Kier molecular flexibility index (Phi) is 52.6. The van der Waals surface area contributed by atoms with Gasteiger partial charge in [-0.05, 0) is 44.9 Å². The highest BCUT2D eigenvalue weighted by Crippen LogP contribution is 2.38. The smallest absolute Gasteiger partial charge is 0.268 e. The number of nitrogens with one attached hydrogen (secondary N) is 1. The zero-order chi connectivity index (χ0) is 52.0.